The smallest absolute Gasteiger partial charge is 0.410 e. The summed E-state index contributed by atoms with van der Waals surface area (Å²) in [7, 11) is 0. The van der Waals surface area contributed by atoms with Gasteiger partial charge in [0.05, 0.1) is 6.61 Å². The van der Waals surface area contributed by atoms with Crippen LogP contribution in [0.15, 0.2) is 0 Å². The van der Waals surface area contributed by atoms with E-state index in [9.17, 15) is 9.59 Å². The molecule has 2 fully saturated rings. The molecular formula is C12H19NO3. The van der Waals surface area contributed by atoms with Crippen LogP contribution in [0, 0.1) is 5.92 Å². The number of ketones is 1. The van der Waals surface area contributed by atoms with Crippen LogP contribution >= 0.6 is 0 Å². The first kappa shape index (κ1) is 11.4. The summed E-state index contributed by atoms with van der Waals surface area (Å²) in [4.78, 5) is 25.2. The number of nitrogens with zero attached hydrogens (tertiary/aromatic N) is 1. The second kappa shape index (κ2) is 4.85. The van der Waals surface area contributed by atoms with Gasteiger partial charge >= 0.3 is 6.09 Å². The maximum absolute atomic E-state index is 11.8. The quantitative estimate of drug-likeness (QED) is 0.722. The number of ether oxygens (including phenoxy) is 1. The molecular weight excluding hydrogens is 206 g/mol. The third-order valence-corrected chi connectivity index (χ3v) is 3.55. The molecule has 2 unspecified atom stereocenters. The lowest BCUT2D eigenvalue weighted by atomic mass is 9.84. The Morgan fingerprint density at radius 3 is 3.06 bits per heavy atom. The van der Waals surface area contributed by atoms with Crippen molar-refractivity contribution in [3.63, 3.8) is 0 Å². The van der Waals surface area contributed by atoms with Crippen molar-refractivity contribution in [1.29, 1.82) is 0 Å². The van der Waals surface area contributed by atoms with Crippen molar-refractivity contribution >= 4 is 11.9 Å². The highest BCUT2D eigenvalue weighted by atomic mass is 16.6. The lowest BCUT2D eigenvalue weighted by Crippen LogP contribution is -2.42. The molecule has 1 aliphatic heterocycles. The standard InChI is InChI=1S/C12H19NO3/c1-2-8-16-12(15)13-7-6-9-10(13)4-3-5-11(9)14/h9-10H,2-8H2,1H3. The lowest BCUT2D eigenvalue weighted by molar-refractivity contribution is -0.125. The maximum atomic E-state index is 11.8. The minimum Gasteiger partial charge on any atom is -0.449 e. The summed E-state index contributed by atoms with van der Waals surface area (Å²) in [6.07, 6.45) is 4.00. The zero-order chi connectivity index (χ0) is 11.5. The molecule has 16 heavy (non-hydrogen) atoms. The molecule has 90 valence electrons. The van der Waals surface area contributed by atoms with Gasteiger partial charge < -0.3 is 9.64 Å². The molecule has 1 saturated carbocycles. The number of fused-ring (bicyclic) bond motifs is 1. The van der Waals surface area contributed by atoms with Crippen LogP contribution in [0.5, 0.6) is 0 Å². The van der Waals surface area contributed by atoms with Gasteiger partial charge in [0.1, 0.15) is 5.78 Å². The van der Waals surface area contributed by atoms with E-state index in [2.05, 4.69) is 0 Å². The van der Waals surface area contributed by atoms with Gasteiger partial charge in [0, 0.05) is 24.9 Å². The van der Waals surface area contributed by atoms with E-state index >= 15 is 0 Å². The number of carbonyl (C=O) groups excluding carboxylic acids is 2. The van der Waals surface area contributed by atoms with Crippen LogP contribution in [0.4, 0.5) is 4.79 Å². The number of hydrogen-bond donors (Lipinski definition) is 0. The molecule has 4 nitrogen and oxygen atoms in total. The SMILES string of the molecule is CCCOC(=O)N1CCC2C(=O)CCCC21. The number of Topliss-reactive ketones (excluding diaryl/α,β-unsaturated/α-hetero) is 1. The van der Waals surface area contributed by atoms with Crippen LogP contribution in [-0.4, -0.2) is 36.0 Å². The average molecular weight is 225 g/mol. The van der Waals surface area contributed by atoms with Crippen LogP contribution in [0.3, 0.4) is 0 Å². The Morgan fingerprint density at radius 2 is 2.31 bits per heavy atom. The third kappa shape index (κ3) is 2.06. The molecule has 0 aromatic carbocycles. The van der Waals surface area contributed by atoms with E-state index in [1.165, 1.54) is 0 Å². The van der Waals surface area contributed by atoms with Gasteiger partial charge in [0.2, 0.25) is 0 Å². The highest BCUT2D eigenvalue weighted by Gasteiger charge is 2.43. The summed E-state index contributed by atoms with van der Waals surface area (Å²) in [5, 5.41) is 0. The summed E-state index contributed by atoms with van der Waals surface area (Å²) in [6, 6.07) is 0.116. The average Bonchev–Trinajstić information content (AvgIpc) is 2.71. The molecule has 2 rings (SSSR count). The molecule has 0 bridgehead atoms. The predicted molar refractivity (Wildman–Crippen MR) is 59.1 cm³/mol. The molecule has 0 spiro atoms. The Morgan fingerprint density at radius 1 is 1.50 bits per heavy atom. The fourth-order valence-electron chi connectivity index (χ4n) is 2.76. The van der Waals surface area contributed by atoms with E-state index in [0.717, 1.165) is 25.7 Å². The van der Waals surface area contributed by atoms with Crippen LogP contribution in [0.1, 0.15) is 39.0 Å². The Kier molecular flexibility index (Phi) is 3.46. The van der Waals surface area contributed by atoms with Crippen molar-refractivity contribution in [2.45, 2.75) is 45.1 Å². The number of rotatable bonds is 2. The molecule has 0 aromatic heterocycles. The first-order valence-corrected chi connectivity index (χ1v) is 6.20. The molecule has 0 aromatic rings. The van der Waals surface area contributed by atoms with Crippen molar-refractivity contribution in [3.8, 4) is 0 Å². The topological polar surface area (TPSA) is 46.6 Å². The maximum Gasteiger partial charge on any atom is 0.410 e. The second-order valence-electron chi connectivity index (χ2n) is 4.63. The van der Waals surface area contributed by atoms with Gasteiger partial charge in [0.25, 0.3) is 0 Å². The van der Waals surface area contributed by atoms with Gasteiger partial charge in [-0.1, -0.05) is 6.92 Å². The van der Waals surface area contributed by atoms with E-state index in [0.29, 0.717) is 25.4 Å². The molecule has 2 aliphatic rings. The fraction of sp³-hybridized carbons (Fsp3) is 0.833. The summed E-state index contributed by atoms with van der Waals surface area (Å²) in [5.74, 6) is 0.421. The Hall–Kier alpha value is -1.06. The zero-order valence-electron chi connectivity index (χ0n) is 9.78. The predicted octanol–water partition coefficient (Wildman–Crippen LogP) is 1.98. The van der Waals surface area contributed by atoms with Gasteiger partial charge in [-0.2, -0.15) is 0 Å². The summed E-state index contributed by atoms with van der Waals surface area (Å²) in [6.45, 7) is 3.13. The lowest BCUT2D eigenvalue weighted by Gasteiger charge is -2.30. The van der Waals surface area contributed by atoms with Gasteiger partial charge in [-0.15, -0.1) is 0 Å². The molecule has 0 N–H and O–H groups in total. The van der Waals surface area contributed by atoms with Crippen LogP contribution < -0.4 is 0 Å². The van der Waals surface area contributed by atoms with Crippen molar-refractivity contribution in [2.24, 2.45) is 5.92 Å². The van der Waals surface area contributed by atoms with Crippen LogP contribution in [-0.2, 0) is 9.53 Å². The second-order valence-corrected chi connectivity index (χ2v) is 4.63. The first-order chi connectivity index (χ1) is 7.74. The van der Waals surface area contributed by atoms with Crippen molar-refractivity contribution in [2.75, 3.05) is 13.2 Å². The van der Waals surface area contributed by atoms with Crippen molar-refractivity contribution in [1.82, 2.24) is 4.90 Å². The summed E-state index contributed by atoms with van der Waals surface area (Å²) < 4.78 is 5.14. The van der Waals surface area contributed by atoms with E-state index in [1.54, 1.807) is 4.90 Å². The zero-order valence-corrected chi connectivity index (χ0v) is 9.78. The highest BCUT2D eigenvalue weighted by Crippen LogP contribution is 2.34. The fourth-order valence-corrected chi connectivity index (χ4v) is 2.76. The Bertz CT molecular complexity index is 290. The van der Waals surface area contributed by atoms with E-state index < -0.39 is 0 Å². The molecule has 0 radical (unpaired) electrons. The monoisotopic (exact) mass is 225 g/mol. The van der Waals surface area contributed by atoms with Crippen molar-refractivity contribution in [3.05, 3.63) is 0 Å². The number of amides is 1. The minimum atomic E-state index is -0.232. The Balaban J connectivity index is 1.97. The highest BCUT2D eigenvalue weighted by molar-refractivity contribution is 5.84. The largest absolute Gasteiger partial charge is 0.449 e. The van der Waals surface area contributed by atoms with E-state index in [4.69, 9.17) is 4.74 Å². The Labute approximate surface area is 95.9 Å². The van der Waals surface area contributed by atoms with E-state index in [-0.39, 0.29) is 18.1 Å². The van der Waals surface area contributed by atoms with E-state index in [1.807, 2.05) is 6.92 Å². The minimum absolute atomic E-state index is 0.0860. The van der Waals surface area contributed by atoms with Gasteiger partial charge in [-0.25, -0.2) is 4.79 Å². The van der Waals surface area contributed by atoms with Gasteiger partial charge in [-0.05, 0) is 25.7 Å². The molecule has 1 amide bonds. The molecule has 4 heteroatoms. The van der Waals surface area contributed by atoms with Crippen LogP contribution in [0.25, 0.3) is 0 Å². The van der Waals surface area contributed by atoms with Crippen LogP contribution in [0.2, 0.25) is 0 Å². The van der Waals surface area contributed by atoms with Crippen molar-refractivity contribution < 1.29 is 14.3 Å². The first-order valence-electron chi connectivity index (χ1n) is 6.20. The normalized spacial score (nSPS) is 29.1. The molecule has 1 aliphatic carbocycles. The molecule has 2 atom stereocenters. The number of hydrogen-bond acceptors (Lipinski definition) is 3. The van der Waals surface area contributed by atoms with Gasteiger partial charge in [-0.3, -0.25) is 4.79 Å². The summed E-state index contributed by atoms with van der Waals surface area (Å²) >= 11 is 0. The molecule has 1 saturated heterocycles. The third-order valence-electron chi connectivity index (χ3n) is 3.55. The molecule has 1 heterocycles. The summed E-state index contributed by atoms with van der Waals surface area (Å²) in [5.41, 5.74) is 0. The number of likely N-dealkylation sites (tertiary alicyclic amines) is 1. The van der Waals surface area contributed by atoms with Gasteiger partial charge in [0.15, 0.2) is 0 Å². The number of carbonyl (C=O) groups is 2.